The summed E-state index contributed by atoms with van der Waals surface area (Å²) in [4.78, 5) is 20.3. The fourth-order valence-electron chi connectivity index (χ4n) is 2.13. The van der Waals surface area contributed by atoms with Gasteiger partial charge in [-0.1, -0.05) is 0 Å². The molecular formula is C12H15N3O4. The average Bonchev–Trinajstić information content (AvgIpc) is 3.19. The smallest absolute Gasteiger partial charge is 0.279 e. The van der Waals surface area contributed by atoms with Gasteiger partial charge in [-0.25, -0.2) is 0 Å². The lowest BCUT2D eigenvalue weighted by Gasteiger charge is -2.09. The number of nitrogens with zero attached hydrogens (tertiary/aromatic N) is 2. The van der Waals surface area contributed by atoms with Gasteiger partial charge in [0.1, 0.15) is 0 Å². The predicted molar refractivity (Wildman–Crippen MR) is 68.8 cm³/mol. The van der Waals surface area contributed by atoms with Crippen LogP contribution in [0.2, 0.25) is 0 Å². The molecule has 19 heavy (non-hydrogen) atoms. The molecule has 0 saturated heterocycles. The second kappa shape index (κ2) is 5.31. The Hall–Kier alpha value is -2.02. The first-order valence-electron chi connectivity index (χ1n) is 6.16. The number of non-ortho nitro benzene ring substituents is 1. The molecule has 7 nitrogen and oxygen atoms in total. The standard InChI is InChI=1S/C12H15N3O4/c13-11(8-1-2-8)6-4-9-3-5-10(14(16)17)7-12(9)15(18)19/h3,5,7-8,11H,1-2,4,6,13H2. The van der Waals surface area contributed by atoms with E-state index in [4.69, 9.17) is 5.73 Å². The van der Waals surface area contributed by atoms with Gasteiger partial charge in [-0.15, -0.1) is 0 Å². The number of nitro benzene ring substituents is 2. The van der Waals surface area contributed by atoms with Crippen LogP contribution in [0.15, 0.2) is 18.2 Å². The van der Waals surface area contributed by atoms with Crippen molar-refractivity contribution in [1.29, 1.82) is 0 Å². The minimum absolute atomic E-state index is 0.0646. The van der Waals surface area contributed by atoms with Crippen molar-refractivity contribution in [1.82, 2.24) is 0 Å². The van der Waals surface area contributed by atoms with Crippen molar-refractivity contribution >= 4 is 11.4 Å². The Morgan fingerprint density at radius 3 is 2.47 bits per heavy atom. The maximum absolute atomic E-state index is 10.9. The van der Waals surface area contributed by atoms with Crippen molar-refractivity contribution in [3.05, 3.63) is 44.0 Å². The van der Waals surface area contributed by atoms with Crippen molar-refractivity contribution in [3.63, 3.8) is 0 Å². The summed E-state index contributed by atoms with van der Waals surface area (Å²) < 4.78 is 0. The normalized spacial score (nSPS) is 16.1. The van der Waals surface area contributed by atoms with Crippen LogP contribution >= 0.6 is 0 Å². The molecule has 0 heterocycles. The van der Waals surface area contributed by atoms with Crippen molar-refractivity contribution in [2.45, 2.75) is 31.7 Å². The van der Waals surface area contributed by atoms with E-state index in [2.05, 4.69) is 0 Å². The SMILES string of the molecule is NC(CCc1ccc([N+](=O)[O-])cc1[N+](=O)[O-])C1CC1. The summed E-state index contributed by atoms with van der Waals surface area (Å²) in [6.45, 7) is 0. The monoisotopic (exact) mass is 265 g/mol. The number of nitro groups is 2. The van der Waals surface area contributed by atoms with Gasteiger partial charge in [0.25, 0.3) is 11.4 Å². The third-order valence-corrected chi connectivity index (χ3v) is 3.45. The van der Waals surface area contributed by atoms with Crippen molar-refractivity contribution in [2.75, 3.05) is 0 Å². The van der Waals surface area contributed by atoms with Gasteiger partial charge in [0.05, 0.1) is 15.9 Å². The molecule has 2 N–H and O–H groups in total. The van der Waals surface area contributed by atoms with E-state index in [1.807, 2.05) is 0 Å². The van der Waals surface area contributed by atoms with Crippen LogP contribution in [-0.2, 0) is 6.42 Å². The maximum atomic E-state index is 10.9. The highest BCUT2D eigenvalue weighted by Crippen LogP contribution is 2.34. The summed E-state index contributed by atoms with van der Waals surface area (Å²) in [7, 11) is 0. The molecule has 1 aromatic rings. The molecule has 0 aliphatic heterocycles. The molecule has 1 unspecified atom stereocenters. The van der Waals surface area contributed by atoms with E-state index in [0.29, 0.717) is 24.3 Å². The van der Waals surface area contributed by atoms with Gasteiger partial charge in [0.15, 0.2) is 0 Å². The summed E-state index contributed by atoms with van der Waals surface area (Å²) in [6, 6.07) is 3.83. The zero-order valence-corrected chi connectivity index (χ0v) is 10.3. The lowest BCUT2D eigenvalue weighted by molar-refractivity contribution is -0.394. The molecule has 102 valence electrons. The molecule has 0 spiro atoms. The Kier molecular flexibility index (Phi) is 3.75. The van der Waals surface area contributed by atoms with Gasteiger partial charge in [0, 0.05) is 17.7 Å². The van der Waals surface area contributed by atoms with Crippen LogP contribution in [-0.4, -0.2) is 15.9 Å². The topological polar surface area (TPSA) is 112 Å². The fourth-order valence-corrected chi connectivity index (χ4v) is 2.13. The molecule has 0 radical (unpaired) electrons. The third kappa shape index (κ3) is 3.25. The third-order valence-electron chi connectivity index (χ3n) is 3.45. The molecule has 1 aliphatic carbocycles. The predicted octanol–water partition coefficient (Wildman–Crippen LogP) is 2.17. The zero-order chi connectivity index (χ0) is 14.0. The Morgan fingerprint density at radius 2 is 1.95 bits per heavy atom. The summed E-state index contributed by atoms with van der Waals surface area (Å²) in [5.41, 5.74) is 6.00. The number of nitrogens with two attached hydrogens (primary N) is 1. The molecule has 0 amide bonds. The summed E-state index contributed by atoms with van der Waals surface area (Å²) in [5, 5.41) is 21.6. The van der Waals surface area contributed by atoms with Gasteiger partial charge in [-0.2, -0.15) is 0 Å². The molecule has 1 saturated carbocycles. The first-order valence-corrected chi connectivity index (χ1v) is 6.16. The Balaban J connectivity index is 2.13. The van der Waals surface area contributed by atoms with Crippen molar-refractivity contribution in [2.24, 2.45) is 11.7 Å². The Bertz CT molecular complexity index is 514. The minimum atomic E-state index is -0.632. The molecule has 0 aromatic heterocycles. The maximum Gasteiger partial charge on any atom is 0.279 e. The lowest BCUT2D eigenvalue weighted by Crippen LogP contribution is -2.23. The van der Waals surface area contributed by atoms with E-state index in [1.165, 1.54) is 12.1 Å². The number of aryl methyl sites for hydroxylation is 1. The molecule has 1 fully saturated rings. The summed E-state index contributed by atoms with van der Waals surface area (Å²) in [6.07, 6.45) is 3.41. The first-order chi connectivity index (χ1) is 8.99. The van der Waals surface area contributed by atoms with Gasteiger partial charge in [0.2, 0.25) is 0 Å². The molecule has 1 aromatic carbocycles. The lowest BCUT2D eigenvalue weighted by atomic mass is 10.0. The first kappa shape index (κ1) is 13.4. The van der Waals surface area contributed by atoms with E-state index in [9.17, 15) is 20.2 Å². The van der Waals surface area contributed by atoms with Crippen LogP contribution in [0.1, 0.15) is 24.8 Å². The van der Waals surface area contributed by atoms with E-state index >= 15 is 0 Å². The van der Waals surface area contributed by atoms with Gasteiger partial charge >= 0.3 is 0 Å². The second-order valence-corrected chi connectivity index (χ2v) is 4.87. The highest BCUT2D eigenvalue weighted by Gasteiger charge is 2.28. The molecular weight excluding hydrogens is 250 g/mol. The van der Waals surface area contributed by atoms with Crippen LogP contribution in [0.25, 0.3) is 0 Å². The van der Waals surface area contributed by atoms with Crippen LogP contribution < -0.4 is 5.73 Å². The average molecular weight is 265 g/mol. The number of rotatable bonds is 6. The number of hydrogen-bond acceptors (Lipinski definition) is 5. The van der Waals surface area contributed by atoms with E-state index < -0.39 is 9.85 Å². The minimum Gasteiger partial charge on any atom is -0.327 e. The molecule has 1 atom stereocenters. The highest BCUT2D eigenvalue weighted by molar-refractivity contribution is 5.49. The molecule has 0 bridgehead atoms. The van der Waals surface area contributed by atoms with Crippen LogP contribution in [0.4, 0.5) is 11.4 Å². The van der Waals surface area contributed by atoms with E-state index in [1.54, 1.807) is 0 Å². The van der Waals surface area contributed by atoms with Crippen molar-refractivity contribution < 1.29 is 9.85 Å². The fraction of sp³-hybridized carbons (Fsp3) is 0.500. The van der Waals surface area contributed by atoms with E-state index in [0.717, 1.165) is 18.9 Å². The molecule has 2 rings (SSSR count). The largest absolute Gasteiger partial charge is 0.327 e. The summed E-state index contributed by atoms with van der Waals surface area (Å²) >= 11 is 0. The molecule has 7 heteroatoms. The van der Waals surface area contributed by atoms with Gasteiger partial charge in [-0.3, -0.25) is 20.2 Å². The number of benzene rings is 1. The molecule has 1 aliphatic rings. The van der Waals surface area contributed by atoms with Gasteiger partial charge in [-0.05, 0) is 37.7 Å². The van der Waals surface area contributed by atoms with Crippen molar-refractivity contribution in [3.8, 4) is 0 Å². The summed E-state index contributed by atoms with van der Waals surface area (Å²) in [5.74, 6) is 0.539. The van der Waals surface area contributed by atoms with Gasteiger partial charge < -0.3 is 5.73 Å². The zero-order valence-electron chi connectivity index (χ0n) is 10.3. The van der Waals surface area contributed by atoms with Crippen LogP contribution in [0.3, 0.4) is 0 Å². The highest BCUT2D eigenvalue weighted by atomic mass is 16.6. The Morgan fingerprint density at radius 1 is 1.26 bits per heavy atom. The number of hydrogen-bond donors (Lipinski definition) is 1. The van der Waals surface area contributed by atoms with E-state index in [-0.39, 0.29) is 17.4 Å². The quantitative estimate of drug-likeness (QED) is 0.625. The Labute approximate surface area is 109 Å². The second-order valence-electron chi connectivity index (χ2n) is 4.87. The van der Waals surface area contributed by atoms with Crippen LogP contribution in [0.5, 0.6) is 0 Å². The van der Waals surface area contributed by atoms with Crippen LogP contribution in [0, 0.1) is 26.1 Å².